The number of rotatable bonds is 5. The smallest absolute Gasteiger partial charge is 0.235 e. The number of fused-ring (bicyclic) bond motifs is 2. The highest BCUT2D eigenvalue weighted by Gasteiger charge is 2.40. The van der Waals surface area contributed by atoms with Crippen molar-refractivity contribution in [2.45, 2.75) is 51.1 Å². The van der Waals surface area contributed by atoms with Crippen LogP contribution in [0.15, 0.2) is 0 Å². The minimum Gasteiger partial charge on any atom is -0.352 e. The summed E-state index contributed by atoms with van der Waals surface area (Å²) < 4.78 is 24.5. The molecule has 0 heterocycles. The molecule has 0 aliphatic heterocycles. The number of nitrogens with one attached hydrogen (secondary N) is 1. The Labute approximate surface area is 127 Å². The van der Waals surface area contributed by atoms with Gasteiger partial charge in [0.15, 0.2) is 0 Å². The second-order valence-corrected chi connectivity index (χ2v) is 8.80. The summed E-state index contributed by atoms with van der Waals surface area (Å²) in [6.45, 7) is 1.48. The summed E-state index contributed by atoms with van der Waals surface area (Å²) in [7, 11) is -1.85. The van der Waals surface area contributed by atoms with Gasteiger partial charge in [-0.05, 0) is 44.4 Å². The van der Waals surface area contributed by atoms with Gasteiger partial charge in [0.25, 0.3) is 0 Å². The second kappa shape index (κ2) is 6.62. The van der Waals surface area contributed by atoms with Crippen LogP contribution < -0.4 is 11.1 Å². The Kier molecular flexibility index (Phi) is 5.27. The number of amides is 1. The summed E-state index contributed by atoms with van der Waals surface area (Å²) in [5, 5.41) is 3.07. The van der Waals surface area contributed by atoms with Crippen molar-refractivity contribution in [3.63, 3.8) is 0 Å². The molecule has 2 rings (SSSR count). The Hall–Kier alpha value is -0.660. The van der Waals surface area contributed by atoms with Gasteiger partial charge in [-0.15, -0.1) is 0 Å². The number of hydrogen-bond donors (Lipinski definition) is 2. The number of nitrogens with two attached hydrogens (primary N) is 1. The molecule has 0 radical (unpaired) electrons. The van der Waals surface area contributed by atoms with E-state index in [9.17, 15) is 13.2 Å². The van der Waals surface area contributed by atoms with Gasteiger partial charge >= 0.3 is 0 Å². The molecule has 6 nitrogen and oxygen atoms in total. The summed E-state index contributed by atoms with van der Waals surface area (Å²) in [4.78, 5) is 12.1. The number of carbonyl (C=O) groups excluding carboxylic acids is 1. The minimum absolute atomic E-state index is 0.0142. The summed E-state index contributed by atoms with van der Waals surface area (Å²) in [5.41, 5.74) is 6.07. The van der Waals surface area contributed by atoms with E-state index in [0.29, 0.717) is 11.8 Å². The Bertz CT molecular complexity index is 466. The number of hydrogen-bond acceptors (Lipinski definition) is 4. The Morgan fingerprint density at radius 2 is 1.86 bits per heavy atom. The van der Waals surface area contributed by atoms with Gasteiger partial charge in [0.05, 0.1) is 12.3 Å². The van der Waals surface area contributed by atoms with Crippen molar-refractivity contribution in [3.8, 4) is 0 Å². The third-order valence-electron chi connectivity index (χ3n) is 4.91. The highest BCUT2D eigenvalue weighted by Crippen LogP contribution is 2.39. The molecular formula is C14H27N3O3S. The normalized spacial score (nSPS) is 33.0. The lowest BCUT2D eigenvalue weighted by atomic mass is 9.67. The van der Waals surface area contributed by atoms with Crippen LogP contribution in [0.25, 0.3) is 0 Å². The molecule has 0 saturated heterocycles. The van der Waals surface area contributed by atoms with Gasteiger partial charge in [-0.3, -0.25) is 4.79 Å². The summed E-state index contributed by atoms with van der Waals surface area (Å²) in [5.74, 6) is 0.710. The van der Waals surface area contributed by atoms with Crippen molar-refractivity contribution >= 4 is 15.9 Å². The monoisotopic (exact) mass is 317 g/mol. The zero-order chi connectivity index (χ0) is 15.6. The zero-order valence-electron chi connectivity index (χ0n) is 12.9. The van der Waals surface area contributed by atoms with E-state index in [1.165, 1.54) is 13.5 Å². The topological polar surface area (TPSA) is 92.5 Å². The first-order valence-corrected chi connectivity index (χ1v) is 9.43. The largest absolute Gasteiger partial charge is 0.352 e. The van der Waals surface area contributed by atoms with Gasteiger partial charge in [-0.2, -0.15) is 4.31 Å². The van der Waals surface area contributed by atoms with Crippen molar-refractivity contribution < 1.29 is 13.2 Å². The van der Waals surface area contributed by atoms with Crippen LogP contribution in [0.1, 0.15) is 39.0 Å². The number of likely N-dealkylation sites (N-methyl/N-ethyl adjacent to an activating group) is 1. The lowest BCUT2D eigenvalue weighted by Crippen LogP contribution is -2.55. The highest BCUT2D eigenvalue weighted by atomic mass is 32.2. The molecule has 0 aromatic rings. The molecular weight excluding hydrogens is 290 g/mol. The third kappa shape index (κ3) is 3.96. The first-order valence-electron chi connectivity index (χ1n) is 7.82. The quantitative estimate of drug-likeness (QED) is 0.762. The molecule has 2 fully saturated rings. The van der Waals surface area contributed by atoms with Gasteiger partial charge in [0.1, 0.15) is 0 Å². The number of nitrogens with zero attached hydrogens (tertiary/aromatic N) is 1. The van der Waals surface area contributed by atoms with Gasteiger partial charge < -0.3 is 11.1 Å². The van der Waals surface area contributed by atoms with Crippen LogP contribution in [0, 0.1) is 11.8 Å². The van der Waals surface area contributed by atoms with Crippen LogP contribution in [0.3, 0.4) is 0 Å². The lowest BCUT2D eigenvalue weighted by Gasteiger charge is -2.45. The maximum absolute atomic E-state index is 12.1. The standard InChI is InChI=1S/C14H27N3O3S/c1-3-21(19,20)17(2)9-13(18)16-14-10-5-4-6-11(14)8-12(15)7-10/h10-12,14H,3-9,15H2,1-2H3,(H,16,18). The molecule has 2 aliphatic rings. The molecule has 2 unspecified atom stereocenters. The molecule has 21 heavy (non-hydrogen) atoms. The Morgan fingerprint density at radius 3 is 2.38 bits per heavy atom. The Morgan fingerprint density at radius 1 is 1.29 bits per heavy atom. The molecule has 3 N–H and O–H groups in total. The van der Waals surface area contributed by atoms with Crippen molar-refractivity contribution in [1.82, 2.24) is 9.62 Å². The molecule has 2 bridgehead atoms. The van der Waals surface area contributed by atoms with Crippen LogP contribution in [0.4, 0.5) is 0 Å². The second-order valence-electron chi connectivity index (χ2n) is 6.43. The van der Waals surface area contributed by atoms with Crippen molar-refractivity contribution in [2.24, 2.45) is 17.6 Å². The van der Waals surface area contributed by atoms with E-state index >= 15 is 0 Å². The van der Waals surface area contributed by atoms with Gasteiger partial charge in [-0.25, -0.2) is 8.42 Å². The number of sulfonamides is 1. The molecule has 2 saturated carbocycles. The van der Waals surface area contributed by atoms with E-state index in [1.54, 1.807) is 6.92 Å². The van der Waals surface area contributed by atoms with Crippen LogP contribution >= 0.6 is 0 Å². The number of carbonyl (C=O) groups is 1. The third-order valence-corrected chi connectivity index (χ3v) is 6.72. The molecule has 0 spiro atoms. The first-order chi connectivity index (χ1) is 9.83. The average molecular weight is 317 g/mol. The zero-order valence-corrected chi connectivity index (χ0v) is 13.7. The van der Waals surface area contributed by atoms with Crippen molar-refractivity contribution in [2.75, 3.05) is 19.3 Å². The molecule has 0 aromatic heterocycles. The van der Waals surface area contributed by atoms with E-state index in [0.717, 1.165) is 30.0 Å². The maximum Gasteiger partial charge on any atom is 0.235 e. The lowest BCUT2D eigenvalue weighted by molar-refractivity contribution is -0.123. The fourth-order valence-electron chi connectivity index (χ4n) is 3.78. The molecule has 7 heteroatoms. The van der Waals surface area contributed by atoms with Crippen LogP contribution in [-0.4, -0.2) is 50.1 Å². The summed E-state index contributed by atoms with van der Waals surface area (Å²) >= 11 is 0. The van der Waals surface area contributed by atoms with E-state index in [4.69, 9.17) is 5.73 Å². The van der Waals surface area contributed by atoms with Crippen LogP contribution in [0.2, 0.25) is 0 Å². The van der Waals surface area contributed by atoms with Crippen molar-refractivity contribution in [3.05, 3.63) is 0 Å². The SMILES string of the molecule is CCS(=O)(=O)N(C)CC(=O)NC1C2CCCC1CC(N)C2. The molecule has 2 atom stereocenters. The van der Waals surface area contributed by atoms with E-state index < -0.39 is 10.0 Å². The summed E-state index contributed by atoms with van der Waals surface area (Å²) in [6, 6.07) is 0.417. The fraction of sp³-hybridized carbons (Fsp3) is 0.929. The molecule has 0 aromatic carbocycles. The average Bonchev–Trinajstić information content (AvgIpc) is 2.39. The fourth-order valence-corrected chi connectivity index (χ4v) is 4.53. The predicted molar refractivity (Wildman–Crippen MR) is 82.1 cm³/mol. The first kappa shape index (κ1) is 16.7. The maximum atomic E-state index is 12.1. The van der Waals surface area contributed by atoms with Crippen LogP contribution in [-0.2, 0) is 14.8 Å². The Balaban J connectivity index is 1.93. The van der Waals surface area contributed by atoms with Crippen LogP contribution in [0.5, 0.6) is 0 Å². The molecule has 122 valence electrons. The van der Waals surface area contributed by atoms with E-state index in [1.807, 2.05) is 0 Å². The van der Waals surface area contributed by atoms with Gasteiger partial charge in [0, 0.05) is 19.1 Å². The van der Waals surface area contributed by atoms with E-state index in [-0.39, 0.29) is 30.3 Å². The van der Waals surface area contributed by atoms with Crippen molar-refractivity contribution in [1.29, 1.82) is 0 Å². The highest BCUT2D eigenvalue weighted by molar-refractivity contribution is 7.89. The molecule has 2 aliphatic carbocycles. The van der Waals surface area contributed by atoms with E-state index in [2.05, 4.69) is 5.32 Å². The van der Waals surface area contributed by atoms with Gasteiger partial charge in [-0.1, -0.05) is 6.42 Å². The predicted octanol–water partition coefficient (Wildman–Crippen LogP) is 0.290. The minimum atomic E-state index is -3.31. The summed E-state index contributed by atoms with van der Waals surface area (Å²) in [6.07, 6.45) is 5.35. The van der Waals surface area contributed by atoms with Gasteiger partial charge in [0.2, 0.25) is 15.9 Å². The molecule has 1 amide bonds.